The van der Waals surface area contributed by atoms with Gasteiger partial charge in [0.25, 0.3) is 0 Å². The molecule has 0 aliphatic carbocycles. The van der Waals surface area contributed by atoms with Gasteiger partial charge in [-0.25, -0.2) is 0 Å². The molecule has 0 aromatic rings. The Bertz CT molecular complexity index is 240. The quantitative estimate of drug-likeness (QED) is 0.558. The normalized spacial score (nSPS) is 43.1. The second kappa shape index (κ2) is 5.30. The topological polar surface area (TPSA) is 0 Å². The molecule has 0 N–H and O–H groups in total. The van der Waals surface area contributed by atoms with Gasteiger partial charge in [0, 0.05) is 5.92 Å². The minimum Gasteiger partial charge on any atom is -0.321 e. The number of quaternary nitrogens is 1. The smallest absolute Gasteiger partial charge is 0.0890 e. The van der Waals surface area contributed by atoms with Crippen molar-refractivity contribution in [2.75, 3.05) is 19.6 Å². The summed E-state index contributed by atoms with van der Waals surface area (Å²) in [5.41, 5.74) is 0. The SMILES string of the molecule is CC1CC[N+]2(CCCCCC2)C(C)C(C)C1C. The van der Waals surface area contributed by atoms with Crippen molar-refractivity contribution in [3.8, 4) is 0 Å². The third kappa shape index (κ3) is 2.54. The van der Waals surface area contributed by atoms with Gasteiger partial charge < -0.3 is 4.48 Å². The molecule has 0 radical (unpaired) electrons. The van der Waals surface area contributed by atoms with Crippen molar-refractivity contribution in [2.45, 2.75) is 65.8 Å². The van der Waals surface area contributed by atoms with E-state index in [4.69, 9.17) is 0 Å². The molecule has 0 amide bonds. The highest BCUT2D eigenvalue weighted by atomic mass is 15.4. The standard InChI is InChI=1S/C16H32N/c1-13-9-12-17(10-7-5-6-8-11-17)16(4)15(3)14(13)2/h13-16H,5-12H2,1-4H3/q+1. The fraction of sp³-hybridized carbons (Fsp3) is 1.00. The Kier molecular flexibility index (Phi) is 4.18. The van der Waals surface area contributed by atoms with Gasteiger partial charge in [0.15, 0.2) is 0 Å². The number of hydrogen-bond donors (Lipinski definition) is 0. The highest BCUT2D eigenvalue weighted by molar-refractivity contribution is 4.78. The molecule has 0 saturated carbocycles. The zero-order valence-electron chi connectivity index (χ0n) is 12.4. The summed E-state index contributed by atoms with van der Waals surface area (Å²) in [4.78, 5) is 0. The molecule has 4 unspecified atom stereocenters. The highest BCUT2D eigenvalue weighted by Gasteiger charge is 2.42. The number of rotatable bonds is 0. The van der Waals surface area contributed by atoms with E-state index in [1.165, 1.54) is 56.2 Å². The maximum absolute atomic E-state index is 2.55. The monoisotopic (exact) mass is 238 g/mol. The fourth-order valence-corrected chi connectivity index (χ4v) is 4.33. The number of hydrogen-bond acceptors (Lipinski definition) is 0. The molecule has 0 bridgehead atoms. The third-order valence-electron chi connectivity index (χ3n) is 6.34. The van der Waals surface area contributed by atoms with Gasteiger partial charge in [0.05, 0.1) is 25.7 Å². The largest absolute Gasteiger partial charge is 0.321 e. The molecule has 100 valence electrons. The summed E-state index contributed by atoms with van der Waals surface area (Å²) in [6.45, 7) is 14.4. The molecule has 2 aliphatic heterocycles. The molecule has 2 heterocycles. The Morgan fingerprint density at radius 3 is 1.88 bits per heavy atom. The van der Waals surface area contributed by atoms with Crippen LogP contribution in [0.25, 0.3) is 0 Å². The summed E-state index contributed by atoms with van der Waals surface area (Å²) >= 11 is 0. The molecule has 17 heavy (non-hydrogen) atoms. The molecular weight excluding hydrogens is 206 g/mol. The van der Waals surface area contributed by atoms with E-state index < -0.39 is 0 Å². The van der Waals surface area contributed by atoms with Crippen LogP contribution in [0, 0.1) is 17.8 Å². The Balaban J connectivity index is 2.20. The molecule has 1 nitrogen and oxygen atoms in total. The van der Waals surface area contributed by atoms with Crippen molar-refractivity contribution >= 4 is 0 Å². The second-order valence-corrected chi connectivity index (χ2v) is 7.03. The van der Waals surface area contributed by atoms with Crippen LogP contribution in [0.5, 0.6) is 0 Å². The van der Waals surface area contributed by atoms with Gasteiger partial charge in [-0.2, -0.15) is 0 Å². The maximum atomic E-state index is 2.55. The van der Waals surface area contributed by atoms with E-state index in [2.05, 4.69) is 27.7 Å². The first kappa shape index (κ1) is 13.4. The molecular formula is C16H32N+. The Hall–Kier alpha value is -0.0400. The molecule has 2 saturated heterocycles. The van der Waals surface area contributed by atoms with Crippen LogP contribution in [-0.4, -0.2) is 30.2 Å². The summed E-state index contributed by atoms with van der Waals surface area (Å²) in [5.74, 6) is 2.73. The van der Waals surface area contributed by atoms with Gasteiger partial charge in [-0.05, 0) is 50.9 Å². The zero-order chi connectivity index (χ0) is 12.5. The average Bonchev–Trinajstić information content (AvgIpc) is 2.62. The lowest BCUT2D eigenvalue weighted by Crippen LogP contribution is -2.57. The van der Waals surface area contributed by atoms with Crippen molar-refractivity contribution < 1.29 is 4.48 Å². The Morgan fingerprint density at radius 2 is 1.29 bits per heavy atom. The van der Waals surface area contributed by atoms with Crippen LogP contribution in [-0.2, 0) is 0 Å². The molecule has 0 aromatic carbocycles. The van der Waals surface area contributed by atoms with Crippen molar-refractivity contribution in [2.24, 2.45) is 17.8 Å². The maximum Gasteiger partial charge on any atom is 0.0890 e. The van der Waals surface area contributed by atoms with E-state index in [0.717, 1.165) is 23.8 Å². The van der Waals surface area contributed by atoms with E-state index in [-0.39, 0.29) is 0 Å². The molecule has 2 aliphatic rings. The molecule has 1 heteroatoms. The molecule has 2 rings (SSSR count). The lowest BCUT2D eigenvalue weighted by Gasteiger charge is -2.44. The minimum absolute atomic E-state index is 0.882. The first-order valence-corrected chi connectivity index (χ1v) is 7.92. The van der Waals surface area contributed by atoms with E-state index in [1.807, 2.05) is 0 Å². The van der Waals surface area contributed by atoms with Gasteiger partial charge in [-0.15, -0.1) is 0 Å². The van der Waals surface area contributed by atoms with E-state index in [9.17, 15) is 0 Å². The summed E-state index contributed by atoms with van der Waals surface area (Å²) in [6.07, 6.45) is 7.36. The summed E-state index contributed by atoms with van der Waals surface area (Å²) in [5, 5.41) is 0. The van der Waals surface area contributed by atoms with Crippen LogP contribution in [0.15, 0.2) is 0 Å². The van der Waals surface area contributed by atoms with Gasteiger partial charge in [-0.3, -0.25) is 0 Å². The van der Waals surface area contributed by atoms with Crippen LogP contribution < -0.4 is 0 Å². The van der Waals surface area contributed by atoms with Crippen molar-refractivity contribution in [1.82, 2.24) is 0 Å². The highest BCUT2D eigenvalue weighted by Crippen LogP contribution is 2.37. The minimum atomic E-state index is 0.882. The lowest BCUT2D eigenvalue weighted by atomic mass is 9.81. The van der Waals surface area contributed by atoms with Crippen molar-refractivity contribution in [3.05, 3.63) is 0 Å². The van der Waals surface area contributed by atoms with Crippen LogP contribution in [0.4, 0.5) is 0 Å². The van der Waals surface area contributed by atoms with Gasteiger partial charge in [-0.1, -0.05) is 20.8 Å². The van der Waals surface area contributed by atoms with E-state index >= 15 is 0 Å². The van der Waals surface area contributed by atoms with Crippen LogP contribution in [0.2, 0.25) is 0 Å². The Labute approximate surface area is 108 Å². The number of nitrogens with zero attached hydrogens (tertiary/aromatic N) is 1. The van der Waals surface area contributed by atoms with Crippen LogP contribution in [0.3, 0.4) is 0 Å². The summed E-state index contributed by atoms with van der Waals surface area (Å²) in [6, 6.07) is 0.882. The summed E-state index contributed by atoms with van der Waals surface area (Å²) in [7, 11) is 0. The predicted molar refractivity (Wildman–Crippen MR) is 74.9 cm³/mol. The van der Waals surface area contributed by atoms with E-state index in [1.54, 1.807) is 0 Å². The molecule has 2 fully saturated rings. The molecule has 4 atom stereocenters. The van der Waals surface area contributed by atoms with Crippen LogP contribution >= 0.6 is 0 Å². The summed E-state index contributed by atoms with van der Waals surface area (Å²) < 4.78 is 1.45. The first-order chi connectivity index (χ1) is 8.07. The van der Waals surface area contributed by atoms with Gasteiger partial charge in [0.1, 0.15) is 0 Å². The van der Waals surface area contributed by atoms with Gasteiger partial charge >= 0.3 is 0 Å². The first-order valence-electron chi connectivity index (χ1n) is 7.92. The molecule has 1 spiro atoms. The molecule has 0 aromatic heterocycles. The van der Waals surface area contributed by atoms with Crippen molar-refractivity contribution in [3.63, 3.8) is 0 Å². The Morgan fingerprint density at radius 1 is 0.706 bits per heavy atom. The zero-order valence-corrected chi connectivity index (χ0v) is 12.4. The van der Waals surface area contributed by atoms with Crippen molar-refractivity contribution in [1.29, 1.82) is 0 Å². The average molecular weight is 238 g/mol. The second-order valence-electron chi connectivity index (χ2n) is 7.03. The van der Waals surface area contributed by atoms with E-state index in [0.29, 0.717) is 0 Å². The lowest BCUT2D eigenvalue weighted by molar-refractivity contribution is -0.951. The van der Waals surface area contributed by atoms with Crippen LogP contribution in [0.1, 0.15) is 59.8 Å². The fourth-order valence-electron chi connectivity index (χ4n) is 4.33. The third-order valence-corrected chi connectivity index (χ3v) is 6.34. The van der Waals surface area contributed by atoms with Gasteiger partial charge in [0.2, 0.25) is 0 Å². The predicted octanol–water partition coefficient (Wildman–Crippen LogP) is 4.08.